The Morgan fingerprint density at radius 3 is 2.16 bits per heavy atom. The molecule has 2 heterocycles. The molecule has 3 N–H and O–H groups in total. The molecule has 0 spiro atoms. The highest BCUT2D eigenvalue weighted by Crippen LogP contribution is 2.33. The van der Waals surface area contributed by atoms with Crippen molar-refractivity contribution in [2.75, 3.05) is 19.6 Å². The maximum atomic E-state index is 13.6. The molecular weight excluding hydrogens is 408 g/mol. The molecule has 8 nitrogen and oxygen atoms in total. The Bertz CT molecular complexity index is 1020. The first-order chi connectivity index (χ1) is 15.4. The monoisotopic (exact) mass is 434 g/mol. The van der Waals surface area contributed by atoms with Crippen LogP contribution in [0.4, 0.5) is 4.79 Å². The van der Waals surface area contributed by atoms with Gasteiger partial charge in [0.15, 0.2) is 5.54 Å². The number of imide groups is 1. The molecule has 166 valence electrons. The lowest BCUT2D eigenvalue weighted by Gasteiger charge is -2.31. The molecule has 0 radical (unpaired) electrons. The Labute approximate surface area is 186 Å². The Hall–Kier alpha value is -3.68. The van der Waals surface area contributed by atoms with E-state index < -0.39 is 17.5 Å². The number of hydrogen-bond donors (Lipinski definition) is 2. The summed E-state index contributed by atoms with van der Waals surface area (Å²) in [4.78, 5) is 53.3. The van der Waals surface area contributed by atoms with Crippen molar-refractivity contribution in [2.45, 2.75) is 24.8 Å². The second-order valence-corrected chi connectivity index (χ2v) is 8.31. The van der Waals surface area contributed by atoms with E-state index in [1.54, 1.807) is 17.0 Å². The van der Waals surface area contributed by atoms with Crippen LogP contribution in [0.2, 0.25) is 0 Å². The van der Waals surface area contributed by atoms with Crippen LogP contribution in [0.15, 0.2) is 60.7 Å². The van der Waals surface area contributed by atoms with E-state index in [0.29, 0.717) is 31.5 Å². The summed E-state index contributed by atoms with van der Waals surface area (Å²) in [6, 6.07) is 18.0. The van der Waals surface area contributed by atoms with Crippen molar-refractivity contribution in [2.24, 2.45) is 11.7 Å². The first-order valence-electron chi connectivity index (χ1n) is 10.7. The van der Waals surface area contributed by atoms with E-state index in [0.717, 1.165) is 10.5 Å². The van der Waals surface area contributed by atoms with E-state index in [9.17, 15) is 19.2 Å². The topological polar surface area (TPSA) is 113 Å². The lowest BCUT2D eigenvalue weighted by Crippen LogP contribution is -2.48. The zero-order chi connectivity index (χ0) is 22.7. The number of hydrogen-bond acceptors (Lipinski definition) is 4. The van der Waals surface area contributed by atoms with Gasteiger partial charge in [-0.1, -0.05) is 60.7 Å². The second-order valence-electron chi connectivity index (χ2n) is 8.31. The molecule has 5 amide bonds. The van der Waals surface area contributed by atoms with Gasteiger partial charge >= 0.3 is 6.03 Å². The van der Waals surface area contributed by atoms with E-state index in [1.807, 2.05) is 48.5 Å². The summed E-state index contributed by atoms with van der Waals surface area (Å²) in [5, 5.41) is 2.87. The second kappa shape index (κ2) is 8.82. The quantitative estimate of drug-likeness (QED) is 0.669. The molecular formula is C24H26N4O4. The molecule has 1 unspecified atom stereocenters. The van der Waals surface area contributed by atoms with Crippen molar-refractivity contribution in [1.29, 1.82) is 0 Å². The first kappa shape index (κ1) is 21.5. The van der Waals surface area contributed by atoms with Gasteiger partial charge in [0, 0.05) is 25.4 Å². The molecule has 0 aliphatic carbocycles. The molecule has 4 rings (SSSR count). The standard InChI is InChI=1S/C24H26N4O4/c25-21(30)18-11-13-27(14-12-18)20(29)16-28-22(31)24(26-23(28)32,19-9-5-2-6-10-19)15-17-7-3-1-4-8-17/h1-10,18H,11-16H2,(H2,25,30)(H,26,32). The highest BCUT2D eigenvalue weighted by atomic mass is 16.2. The van der Waals surface area contributed by atoms with E-state index in [-0.39, 0.29) is 30.7 Å². The molecule has 2 aliphatic heterocycles. The molecule has 8 heteroatoms. The van der Waals surface area contributed by atoms with Crippen molar-refractivity contribution in [1.82, 2.24) is 15.1 Å². The number of rotatable bonds is 6. The fraction of sp³-hybridized carbons (Fsp3) is 0.333. The summed E-state index contributed by atoms with van der Waals surface area (Å²) < 4.78 is 0. The Morgan fingerprint density at radius 1 is 0.969 bits per heavy atom. The zero-order valence-electron chi connectivity index (χ0n) is 17.7. The average molecular weight is 434 g/mol. The molecule has 32 heavy (non-hydrogen) atoms. The summed E-state index contributed by atoms with van der Waals surface area (Å²) in [6.07, 6.45) is 1.25. The van der Waals surface area contributed by atoms with Crippen molar-refractivity contribution in [3.63, 3.8) is 0 Å². The molecule has 2 aliphatic rings. The van der Waals surface area contributed by atoms with Gasteiger partial charge < -0.3 is 16.0 Å². The Kier molecular flexibility index (Phi) is 5.94. The smallest absolute Gasteiger partial charge is 0.325 e. The van der Waals surface area contributed by atoms with E-state index in [1.165, 1.54) is 0 Å². The lowest BCUT2D eigenvalue weighted by atomic mass is 9.83. The third-order valence-electron chi connectivity index (χ3n) is 6.30. The molecule has 2 fully saturated rings. The van der Waals surface area contributed by atoms with Gasteiger partial charge in [-0.05, 0) is 24.0 Å². The Balaban J connectivity index is 1.55. The highest BCUT2D eigenvalue weighted by Gasteiger charge is 2.53. The van der Waals surface area contributed by atoms with Crippen LogP contribution in [0.1, 0.15) is 24.0 Å². The van der Waals surface area contributed by atoms with Gasteiger partial charge in [-0.15, -0.1) is 0 Å². The predicted molar refractivity (Wildman–Crippen MR) is 117 cm³/mol. The van der Waals surface area contributed by atoms with Gasteiger partial charge in [-0.3, -0.25) is 19.3 Å². The number of nitrogens with zero attached hydrogens (tertiary/aromatic N) is 2. The van der Waals surface area contributed by atoms with Crippen LogP contribution in [-0.4, -0.2) is 53.2 Å². The third-order valence-corrected chi connectivity index (χ3v) is 6.30. The van der Waals surface area contributed by atoms with Crippen LogP contribution < -0.4 is 11.1 Å². The van der Waals surface area contributed by atoms with Crippen molar-refractivity contribution in [3.8, 4) is 0 Å². The SMILES string of the molecule is NC(=O)C1CCN(C(=O)CN2C(=O)NC(Cc3ccccc3)(c3ccccc3)C2=O)CC1. The van der Waals surface area contributed by atoms with E-state index in [4.69, 9.17) is 5.73 Å². The summed E-state index contributed by atoms with van der Waals surface area (Å²) in [6.45, 7) is 0.420. The molecule has 2 saturated heterocycles. The van der Waals surface area contributed by atoms with Crippen LogP contribution in [-0.2, 0) is 26.3 Å². The van der Waals surface area contributed by atoms with Gasteiger partial charge in [-0.25, -0.2) is 4.79 Å². The largest absolute Gasteiger partial charge is 0.369 e. The van der Waals surface area contributed by atoms with E-state index >= 15 is 0 Å². The number of primary amides is 1. The van der Waals surface area contributed by atoms with Crippen LogP contribution >= 0.6 is 0 Å². The van der Waals surface area contributed by atoms with Crippen LogP contribution in [0, 0.1) is 5.92 Å². The number of carbonyl (C=O) groups excluding carboxylic acids is 4. The number of nitrogens with one attached hydrogen (secondary N) is 1. The van der Waals surface area contributed by atoms with E-state index in [2.05, 4.69) is 5.32 Å². The number of carbonyl (C=O) groups is 4. The van der Waals surface area contributed by atoms with Crippen LogP contribution in [0.3, 0.4) is 0 Å². The summed E-state index contributed by atoms with van der Waals surface area (Å²) in [5.74, 6) is -1.37. The Morgan fingerprint density at radius 2 is 1.56 bits per heavy atom. The van der Waals surface area contributed by atoms with Crippen LogP contribution in [0.5, 0.6) is 0 Å². The van der Waals surface area contributed by atoms with Gasteiger partial charge in [0.25, 0.3) is 5.91 Å². The minimum absolute atomic E-state index is 0.243. The molecule has 2 aromatic rings. The molecule has 0 aromatic heterocycles. The number of urea groups is 1. The summed E-state index contributed by atoms with van der Waals surface area (Å²) >= 11 is 0. The number of likely N-dealkylation sites (tertiary alicyclic amines) is 1. The zero-order valence-corrected chi connectivity index (χ0v) is 17.7. The number of nitrogens with two attached hydrogens (primary N) is 1. The highest BCUT2D eigenvalue weighted by molar-refractivity contribution is 6.09. The molecule has 1 atom stereocenters. The third kappa shape index (κ3) is 4.08. The maximum absolute atomic E-state index is 13.6. The minimum atomic E-state index is -1.28. The molecule has 0 saturated carbocycles. The normalized spacial score (nSPS) is 21.5. The minimum Gasteiger partial charge on any atom is -0.369 e. The number of piperidine rings is 1. The molecule has 0 bridgehead atoms. The van der Waals surface area contributed by atoms with Gasteiger partial charge in [0.1, 0.15) is 6.54 Å². The molecule has 2 aromatic carbocycles. The van der Waals surface area contributed by atoms with Crippen LogP contribution in [0.25, 0.3) is 0 Å². The average Bonchev–Trinajstić information content (AvgIpc) is 3.05. The fourth-order valence-electron chi connectivity index (χ4n) is 4.46. The predicted octanol–water partition coefficient (Wildman–Crippen LogP) is 1.40. The number of benzene rings is 2. The van der Waals surface area contributed by atoms with Gasteiger partial charge in [-0.2, -0.15) is 0 Å². The van der Waals surface area contributed by atoms with Gasteiger partial charge in [0.05, 0.1) is 0 Å². The first-order valence-corrected chi connectivity index (χ1v) is 10.7. The number of amides is 5. The summed E-state index contributed by atoms with van der Waals surface area (Å²) in [5.41, 5.74) is 5.64. The van der Waals surface area contributed by atoms with Crippen molar-refractivity contribution < 1.29 is 19.2 Å². The maximum Gasteiger partial charge on any atom is 0.325 e. The fourth-order valence-corrected chi connectivity index (χ4v) is 4.46. The summed E-state index contributed by atoms with van der Waals surface area (Å²) in [7, 11) is 0. The van der Waals surface area contributed by atoms with Gasteiger partial charge in [0.2, 0.25) is 11.8 Å². The lowest BCUT2D eigenvalue weighted by molar-refractivity contribution is -0.140. The van der Waals surface area contributed by atoms with Crippen molar-refractivity contribution >= 4 is 23.8 Å². The van der Waals surface area contributed by atoms with Crippen molar-refractivity contribution in [3.05, 3.63) is 71.8 Å².